The van der Waals surface area contributed by atoms with E-state index in [0.29, 0.717) is 42.4 Å². The van der Waals surface area contributed by atoms with Crippen LogP contribution in [0.5, 0.6) is 5.75 Å². The van der Waals surface area contributed by atoms with Crippen molar-refractivity contribution in [3.05, 3.63) is 72.1 Å². The van der Waals surface area contributed by atoms with Gasteiger partial charge in [-0.2, -0.15) is 9.97 Å². The van der Waals surface area contributed by atoms with Crippen molar-refractivity contribution < 1.29 is 25.2 Å². The van der Waals surface area contributed by atoms with Crippen molar-refractivity contribution >= 4 is 22.9 Å². The summed E-state index contributed by atoms with van der Waals surface area (Å²) in [5.41, 5.74) is 3.14. The van der Waals surface area contributed by atoms with Crippen LogP contribution in [0.3, 0.4) is 0 Å². The first-order chi connectivity index (χ1) is 18.0. The van der Waals surface area contributed by atoms with E-state index < -0.39 is 31.1 Å². The molecule has 1 fully saturated rings. The maximum absolute atomic E-state index is 10.6. The molecule has 0 spiro atoms. The highest BCUT2D eigenvalue weighted by Gasteiger charge is 2.44. The molecule has 1 aliphatic rings. The fraction of sp³-hybridized carbons (Fsp3) is 0.346. The molecule has 0 aliphatic carbocycles. The van der Waals surface area contributed by atoms with Crippen molar-refractivity contribution in [1.29, 1.82) is 0 Å². The lowest BCUT2D eigenvalue weighted by Gasteiger charge is -2.17. The molecule has 0 unspecified atom stereocenters. The number of phenols is 1. The lowest BCUT2D eigenvalue weighted by molar-refractivity contribution is -0.0511. The molecule has 5 rings (SSSR count). The summed E-state index contributed by atoms with van der Waals surface area (Å²) < 4.78 is 7.26. The number of aliphatic hydroxyl groups excluding tert-OH is 3. The predicted octanol–water partition coefficient (Wildman–Crippen LogP) is 1.45. The zero-order valence-corrected chi connectivity index (χ0v) is 20.1. The van der Waals surface area contributed by atoms with Crippen LogP contribution in [0.2, 0.25) is 0 Å². The molecule has 11 nitrogen and oxygen atoms in total. The molecule has 3 heterocycles. The number of imidazole rings is 1. The molecule has 0 amide bonds. The average molecular weight is 507 g/mol. The highest BCUT2D eigenvalue weighted by atomic mass is 16.6. The Balaban J connectivity index is 1.39. The van der Waals surface area contributed by atoms with Gasteiger partial charge < -0.3 is 35.8 Å². The van der Waals surface area contributed by atoms with E-state index in [9.17, 15) is 20.4 Å². The first kappa shape index (κ1) is 24.9. The fourth-order valence-electron chi connectivity index (χ4n) is 4.37. The summed E-state index contributed by atoms with van der Waals surface area (Å²) in [5.74, 6) is 1.11. The number of benzene rings is 2. The molecule has 11 heteroatoms. The van der Waals surface area contributed by atoms with Crippen LogP contribution in [0, 0.1) is 0 Å². The number of ether oxygens (including phenoxy) is 1. The molecule has 0 radical (unpaired) electrons. The van der Waals surface area contributed by atoms with E-state index in [1.54, 1.807) is 16.7 Å². The molecule has 194 valence electrons. The Kier molecular flexibility index (Phi) is 7.47. The molecule has 1 aliphatic heterocycles. The van der Waals surface area contributed by atoms with Gasteiger partial charge in [-0.15, -0.1) is 0 Å². The largest absolute Gasteiger partial charge is 0.508 e. The summed E-state index contributed by atoms with van der Waals surface area (Å²) in [4.78, 5) is 13.7. The first-order valence-electron chi connectivity index (χ1n) is 12.2. The van der Waals surface area contributed by atoms with Crippen LogP contribution in [0.15, 0.2) is 60.9 Å². The quantitative estimate of drug-likeness (QED) is 0.186. The van der Waals surface area contributed by atoms with Crippen molar-refractivity contribution in [2.24, 2.45) is 0 Å². The average Bonchev–Trinajstić information content (AvgIpc) is 3.46. The number of fused-ring (bicyclic) bond motifs is 1. The molecule has 6 N–H and O–H groups in total. The van der Waals surface area contributed by atoms with E-state index in [4.69, 9.17) is 4.74 Å². The summed E-state index contributed by atoms with van der Waals surface area (Å²) in [6.45, 7) is 0.734. The Morgan fingerprint density at radius 2 is 1.57 bits per heavy atom. The summed E-state index contributed by atoms with van der Waals surface area (Å²) in [6, 6.07) is 17.1. The standard InChI is InChI=1S/C26H30N6O5/c33-14-19-21(35)22(36)25(37-19)32-15-29-20-23(27-12-10-16-4-2-1-3-5-16)30-26(31-24(20)32)28-13-11-17-6-8-18(34)9-7-17/h1-9,15,19,21-22,25,33-36H,10-14H2,(H2,27,28,30,31)/t19-,21-,22-,25-/m1/s1. The van der Waals surface area contributed by atoms with Gasteiger partial charge in [0.1, 0.15) is 24.1 Å². The minimum Gasteiger partial charge on any atom is -0.508 e. The van der Waals surface area contributed by atoms with E-state index in [1.807, 2.05) is 30.3 Å². The molecule has 2 aromatic carbocycles. The number of nitrogens with one attached hydrogen (secondary N) is 2. The monoisotopic (exact) mass is 506 g/mol. The van der Waals surface area contributed by atoms with Crippen molar-refractivity contribution in [3.63, 3.8) is 0 Å². The topological polar surface area (TPSA) is 158 Å². The number of aromatic nitrogens is 4. The minimum atomic E-state index is -1.26. The smallest absolute Gasteiger partial charge is 0.226 e. The van der Waals surface area contributed by atoms with Crippen LogP contribution >= 0.6 is 0 Å². The maximum atomic E-state index is 10.6. The van der Waals surface area contributed by atoms with Crippen LogP contribution in [-0.2, 0) is 17.6 Å². The molecule has 4 aromatic rings. The molecular weight excluding hydrogens is 476 g/mol. The number of hydrogen-bond acceptors (Lipinski definition) is 10. The van der Waals surface area contributed by atoms with Gasteiger partial charge in [0.15, 0.2) is 23.2 Å². The van der Waals surface area contributed by atoms with E-state index in [2.05, 4.69) is 37.7 Å². The van der Waals surface area contributed by atoms with Gasteiger partial charge in [0.2, 0.25) is 5.95 Å². The number of anilines is 2. The third kappa shape index (κ3) is 5.49. The number of hydrogen-bond donors (Lipinski definition) is 6. The number of phenolic OH excluding ortho intramolecular Hbond substituents is 1. The molecule has 4 atom stereocenters. The summed E-state index contributed by atoms with van der Waals surface area (Å²) in [5, 5.41) is 46.3. The lowest BCUT2D eigenvalue weighted by Crippen LogP contribution is -2.33. The van der Waals surface area contributed by atoms with Crippen LogP contribution in [0.25, 0.3) is 11.2 Å². The zero-order valence-electron chi connectivity index (χ0n) is 20.1. The molecule has 1 saturated heterocycles. The minimum absolute atomic E-state index is 0.217. The van der Waals surface area contributed by atoms with Gasteiger partial charge in [-0.1, -0.05) is 42.5 Å². The predicted molar refractivity (Wildman–Crippen MR) is 137 cm³/mol. The second-order valence-electron chi connectivity index (χ2n) is 8.95. The Morgan fingerprint density at radius 1 is 0.865 bits per heavy atom. The zero-order chi connectivity index (χ0) is 25.8. The lowest BCUT2D eigenvalue weighted by atomic mass is 10.1. The molecule has 0 bridgehead atoms. The van der Waals surface area contributed by atoms with Gasteiger partial charge in [-0.05, 0) is 36.1 Å². The van der Waals surface area contributed by atoms with E-state index >= 15 is 0 Å². The first-order valence-corrected chi connectivity index (χ1v) is 12.2. The van der Waals surface area contributed by atoms with Gasteiger partial charge in [0, 0.05) is 13.1 Å². The molecule has 2 aromatic heterocycles. The van der Waals surface area contributed by atoms with Gasteiger partial charge in [0.25, 0.3) is 0 Å². The van der Waals surface area contributed by atoms with Gasteiger partial charge in [-0.25, -0.2) is 4.98 Å². The summed E-state index contributed by atoms with van der Waals surface area (Å²) in [7, 11) is 0. The number of rotatable bonds is 10. The second kappa shape index (κ2) is 11.1. The maximum Gasteiger partial charge on any atom is 0.226 e. The molecule has 37 heavy (non-hydrogen) atoms. The second-order valence-corrected chi connectivity index (χ2v) is 8.95. The van der Waals surface area contributed by atoms with Crippen LogP contribution in [0.1, 0.15) is 17.4 Å². The highest BCUT2D eigenvalue weighted by Crippen LogP contribution is 2.32. The van der Waals surface area contributed by atoms with Crippen molar-refractivity contribution in [1.82, 2.24) is 19.5 Å². The number of aromatic hydroxyl groups is 1. The van der Waals surface area contributed by atoms with Crippen molar-refractivity contribution in [3.8, 4) is 5.75 Å². The van der Waals surface area contributed by atoms with Gasteiger partial charge in [-0.3, -0.25) is 4.57 Å². The van der Waals surface area contributed by atoms with Crippen LogP contribution in [0.4, 0.5) is 11.8 Å². The van der Waals surface area contributed by atoms with E-state index in [1.165, 1.54) is 11.9 Å². The Morgan fingerprint density at radius 3 is 2.27 bits per heavy atom. The van der Waals surface area contributed by atoms with Gasteiger partial charge in [0.05, 0.1) is 12.9 Å². The summed E-state index contributed by atoms with van der Waals surface area (Å²) in [6.07, 6.45) is -1.41. The number of nitrogens with zero attached hydrogens (tertiary/aromatic N) is 4. The molecular formula is C26H30N6O5. The van der Waals surface area contributed by atoms with E-state index in [-0.39, 0.29) is 5.75 Å². The molecule has 0 saturated carbocycles. The van der Waals surface area contributed by atoms with E-state index in [0.717, 1.165) is 12.0 Å². The van der Waals surface area contributed by atoms with Gasteiger partial charge >= 0.3 is 0 Å². The van der Waals surface area contributed by atoms with Crippen LogP contribution in [-0.4, -0.2) is 78.0 Å². The fourth-order valence-corrected chi connectivity index (χ4v) is 4.37. The van der Waals surface area contributed by atoms with Crippen molar-refractivity contribution in [2.45, 2.75) is 37.4 Å². The highest BCUT2D eigenvalue weighted by molar-refractivity contribution is 5.84. The van der Waals surface area contributed by atoms with Crippen molar-refractivity contribution in [2.75, 3.05) is 30.3 Å². The normalized spacial score (nSPS) is 21.4. The third-order valence-electron chi connectivity index (χ3n) is 6.39. The SMILES string of the molecule is OC[C@H]1O[C@@H](n2cnc3c(NCCc4ccccc4)nc(NCCc4ccc(O)cc4)nc32)[C@H](O)[C@@H]1O. The Labute approximate surface area is 213 Å². The Bertz CT molecular complexity index is 1320. The summed E-state index contributed by atoms with van der Waals surface area (Å²) >= 11 is 0. The van der Waals surface area contributed by atoms with Crippen LogP contribution < -0.4 is 10.6 Å². The Hall–Kier alpha value is -3.77. The number of aliphatic hydroxyl groups is 3. The third-order valence-corrected chi connectivity index (χ3v) is 6.39.